The molecule has 26 heavy (non-hydrogen) atoms. The van der Waals surface area contributed by atoms with Crippen LogP contribution in [0.3, 0.4) is 0 Å². The molecule has 0 radical (unpaired) electrons. The minimum absolute atomic E-state index is 0.382. The summed E-state index contributed by atoms with van der Waals surface area (Å²) < 4.78 is 10.7. The van der Waals surface area contributed by atoms with Gasteiger partial charge in [0, 0.05) is 12.7 Å². The molecule has 0 amide bonds. The second-order valence-corrected chi connectivity index (χ2v) is 6.01. The van der Waals surface area contributed by atoms with Crippen molar-refractivity contribution in [1.82, 2.24) is 4.90 Å². The van der Waals surface area contributed by atoms with Crippen LogP contribution in [-0.2, 0) is 11.2 Å². The lowest BCUT2D eigenvalue weighted by Gasteiger charge is -2.24. The first-order valence-corrected chi connectivity index (χ1v) is 8.43. The monoisotopic (exact) mass is 346 g/mol. The summed E-state index contributed by atoms with van der Waals surface area (Å²) in [4.78, 5) is 19.1. The van der Waals surface area contributed by atoms with Crippen molar-refractivity contribution in [3.8, 4) is 11.5 Å². The van der Waals surface area contributed by atoms with E-state index in [9.17, 15) is 4.79 Å². The van der Waals surface area contributed by atoms with Gasteiger partial charge in [-0.15, -0.1) is 0 Å². The lowest BCUT2D eigenvalue weighted by atomic mass is 10.1. The molecule has 0 unspecified atom stereocenters. The number of carbonyl (C=O) groups excluding carboxylic acids is 1. The molecule has 0 spiro atoms. The quantitative estimate of drug-likeness (QED) is 0.626. The predicted octanol–water partition coefficient (Wildman–Crippen LogP) is 3.64. The van der Waals surface area contributed by atoms with Gasteiger partial charge in [-0.1, -0.05) is 24.3 Å². The molecule has 4 rings (SSSR count). The molecule has 2 heterocycles. The van der Waals surface area contributed by atoms with E-state index < -0.39 is 0 Å². The first-order chi connectivity index (χ1) is 12.7. The Morgan fingerprint density at radius 3 is 2.73 bits per heavy atom. The van der Waals surface area contributed by atoms with Crippen LogP contribution in [0.25, 0.3) is 0 Å². The van der Waals surface area contributed by atoms with Crippen LogP contribution < -0.4 is 9.47 Å². The molecule has 5 nitrogen and oxygen atoms in total. The van der Waals surface area contributed by atoms with E-state index in [1.165, 1.54) is 5.56 Å². The summed E-state index contributed by atoms with van der Waals surface area (Å²) in [7, 11) is 1.66. The number of methoxy groups -OCH3 is 1. The third kappa shape index (κ3) is 3.11. The van der Waals surface area contributed by atoms with Gasteiger partial charge in [-0.2, -0.15) is 0 Å². The van der Waals surface area contributed by atoms with E-state index in [4.69, 9.17) is 9.47 Å². The maximum absolute atomic E-state index is 12.5. The summed E-state index contributed by atoms with van der Waals surface area (Å²) in [6, 6.07) is 15.3. The second-order valence-electron chi connectivity index (χ2n) is 6.01. The van der Waals surface area contributed by atoms with Gasteiger partial charge < -0.3 is 14.4 Å². The van der Waals surface area contributed by atoms with Crippen LogP contribution in [0.1, 0.15) is 5.56 Å². The highest BCUT2D eigenvalue weighted by Crippen LogP contribution is 2.32. The molecule has 0 fully saturated rings. The van der Waals surface area contributed by atoms with E-state index in [1.54, 1.807) is 19.3 Å². The Kier molecular flexibility index (Phi) is 4.27. The van der Waals surface area contributed by atoms with E-state index in [0.29, 0.717) is 29.4 Å². The molecule has 0 aromatic heterocycles. The molecule has 130 valence electrons. The molecule has 2 aromatic carbocycles. The number of amidine groups is 1. The van der Waals surface area contributed by atoms with Gasteiger partial charge in [0.2, 0.25) is 0 Å². The summed E-state index contributed by atoms with van der Waals surface area (Å²) in [5.74, 6) is 1.56. The Hall–Kier alpha value is -3.34. The number of nitrogens with zero attached hydrogens (tertiary/aromatic N) is 2. The minimum Gasteiger partial charge on any atom is -0.497 e. The molecule has 0 saturated carbocycles. The van der Waals surface area contributed by atoms with E-state index >= 15 is 0 Å². The van der Waals surface area contributed by atoms with Gasteiger partial charge >= 0.3 is 5.97 Å². The predicted molar refractivity (Wildman–Crippen MR) is 99.8 cm³/mol. The van der Waals surface area contributed by atoms with E-state index in [0.717, 1.165) is 12.2 Å². The number of aliphatic imine (C=N–C) groups is 1. The number of rotatable bonds is 4. The molecular weight excluding hydrogens is 328 g/mol. The largest absolute Gasteiger partial charge is 0.497 e. The standard InChI is InChI=1S/C21H18N2O3/c1-25-16-10-8-15(9-11-16)12-14-23-13-4-5-17-20(23)22-18-6-2-3-7-19(18)26-21(17)24/h2-11,13H,12,14H2,1H3. The van der Waals surface area contributed by atoms with Crippen LogP contribution >= 0.6 is 0 Å². The Bertz CT molecular complexity index is 927. The van der Waals surface area contributed by atoms with Crippen LogP contribution in [0.4, 0.5) is 5.69 Å². The summed E-state index contributed by atoms with van der Waals surface area (Å²) in [6.45, 7) is 0.703. The smallest absolute Gasteiger partial charge is 0.347 e. The van der Waals surface area contributed by atoms with Gasteiger partial charge in [-0.05, 0) is 48.4 Å². The number of hydrogen-bond donors (Lipinski definition) is 0. The highest BCUT2D eigenvalue weighted by molar-refractivity contribution is 6.21. The van der Waals surface area contributed by atoms with Crippen molar-refractivity contribution in [3.63, 3.8) is 0 Å². The maximum Gasteiger partial charge on any atom is 0.347 e. The summed E-state index contributed by atoms with van der Waals surface area (Å²) >= 11 is 0. The number of carbonyl (C=O) groups is 1. The zero-order valence-corrected chi connectivity index (χ0v) is 14.4. The van der Waals surface area contributed by atoms with Gasteiger partial charge in [0.15, 0.2) is 5.75 Å². The lowest BCUT2D eigenvalue weighted by Crippen LogP contribution is -2.34. The number of fused-ring (bicyclic) bond motifs is 2. The average Bonchev–Trinajstić information content (AvgIpc) is 2.83. The van der Waals surface area contributed by atoms with Crippen LogP contribution in [-0.4, -0.2) is 30.4 Å². The molecule has 2 aliphatic heterocycles. The number of benzene rings is 2. The first-order valence-electron chi connectivity index (χ1n) is 8.43. The first kappa shape index (κ1) is 16.1. The van der Waals surface area contributed by atoms with Crippen molar-refractivity contribution < 1.29 is 14.3 Å². The number of para-hydroxylation sites is 2. The lowest BCUT2D eigenvalue weighted by molar-refractivity contribution is -0.129. The van der Waals surface area contributed by atoms with Gasteiger partial charge in [0.05, 0.1) is 7.11 Å². The van der Waals surface area contributed by atoms with Gasteiger partial charge in [0.25, 0.3) is 0 Å². The molecule has 5 heteroatoms. The summed E-state index contributed by atoms with van der Waals surface area (Å²) in [5.41, 5.74) is 2.31. The zero-order valence-electron chi connectivity index (χ0n) is 14.4. The Morgan fingerprint density at radius 2 is 1.92 bits per heavy atom. The minimum atomic E-state index is -0.382. The third-order valence-corrected chi connectivity index (χ3v) is 4.36. The zero-order chi connectivity index (χ0) is 17.9. The maximum atomic E-state index is 12.5. The molecule has 0 atom stereocenters. The fourth-order valence-electron chi connectivity index (χ4n) is 2.95. The Balaban J connectivity index is 1.59. The Labute approximate surface area is 151 Å². The molecule has 2 aromatic rings. The number of ether oxygens (including phenoxy) is 2. The van der Waals surface area contributed by atoms with Crippen LogP contribution in [0, 0.1) is 0 Å². The number of hydrogen-bond acceptors (Lipinski definition) is 5. The van der Waals surface area contributed by atoms with E-state index in [-0.39, 0.29) is 5.97 Å². The van der Waals surface area contributed by atoms with Crippen molar-refractivity contribution in [2.45, 2.75) is 6.42 Å². The Morgan fingerprint density at radius 1 is 1.12 bits per heavy atom. The summed E-state index contributed by atoms with van der Waals surface area (Å²) in [6.07, 6.45) is 6.35. The van der Waals surface area contributed by atoms with Crippen LogP contribution in [0.5, 0.6) is 11.5 Å². The fourth-order valence-corrected chi connectivity index (χ4v) is 2.95. The van der Waals surface area contributed by atoms with Crippen LogP contribution in [0.15, 0.2) is 77.4 Å². The fraction of sp³-hybridized carbons (Fsp3) is 0.143. The van der Waals surface area contributed by atoms with Crippen molar-refractivity contribution in [3.05, 3.63) is 78.0 Å². The van der Waals surface area contributed by atoms with Crippen LogP contribution in [0.2, 0.25) is 0 Å². The molecule has 0 N–H and O–H groups in total. The summed E-state index contributed by atoms with van der Waals surface area (Å²) in [5, 5.41) is 0. The van der Waals surface area contributed by atoms with E-state index in [2.05, 4.69) is 4.99 Å². The second kappa shape index (κ2) is 6.88. The van der Waals surface area contributed by atoms with Crippen molar-refractivity contribution in [2.24, 2.45) is 4.99 Å². The molecule has 0 aliphatic carbocycles. The highest BCUT2D eigenvalue weighted by Gasteiger charge is 2.28. The molecular formula is C21H18N2O3. The van der Waals surface area contributed by atoms with Gasteiger partial charge in [-0.25, -0.2) is 9.79 Å². The number of esters is 1. The molecule has 0 bridgehead atoms. The molecule has 2 aliphatic rings. The average molecular weight is 346 g/mol. The highest BCUT2D eigenvalue weighted by atomic mass is 16.5. The number of allylic oxidation sites excluding steroid dienone is 2. The third-order valence-electron chi connectivity index (χ3n) is 4.36. The topological polar surface area (TPSA) is 51.1 Å². The molecule has 0 saturated heterocycles. The normalized spacial score (nSPS) is 15.3. The van der Waals surface area contributed by atoms with E-state index in [1.807, 2.05) is 59.6 Å². The van der Waals surface area contributed by atoms with Gasteiger partial charge in [-0.3, -0.25) is 0 Å². The van der Waals surface area contributed by atoms with Crippen molar-refractivity contribution in [1.29, 1.82) is 0 Å². The van der Waals surface area contributed by atoms with Crippen molar-refractivity contribution in [2.75, 3.05) is 13.7 Å². The van der Waals surface area contributed by atoms with Crippen molar-refractivity contribution >= 4 is 17.5 Å². The SMILES string of the molecule is COc1ccc(CCN2C=CC=C3C(=O)Oc4ccccc4N=C32)cc1. The van der Waals surface area contributed by atoms with Gasteiger partial charge in [0.1, 0.15) is 22.8 Å².